The van der Waals surface area contributed by atoms with Gasteiger partial charge in [-0.3, -0.25) is 29.4 Å². The van der Waals surface area contributed by atoms with Gasteiger partial charge in [-0.1, -0.05) is 26.0 Å². The standard InChI is InChI=1S/C22H22N2O7/c1-11(2)19(23-20(26)17-13-3-4-14(9-13)18(17)21(23)27)22(28)31-10-16(25)12-5-7-15(8-6-12)24(29)30/h3-8,11,13-14,17-19H,9-10H2,1-2H3/t13-,14-,17+,18+,19+/m0/s1. The zero-order valence-electron chi connectivity index (χ0n) is 17.1. The third-order valence-corrected chi connectivity index (χ3v) is 6.40. The molecule has 0 N–H and O–H groups in total. The normalized spacial score (nSPS) is 27.0. The average molecular weight is 426 g/mol. The monoisotopic (exact) mass is 426 g/mol. The van der Waals surface area contributed by atoms with Gasteiger partial charge in [0, 0.05) is 17.7 Å². The highest BCUT2D eigenvalue weighted by molar-refractivity contribution is 6.09. The molecule has 2 amide bonds. The van der Waals surface area contributed by atoms with Crippen LogP contribution < -0.4 is 0 Å². The Bertz CT molecular complexity index is 968. The lowest BCUT2D eigenvalue weighted by Crippen LogP contribution is -2.50. The molecule has 9 nitrogen and oxygen atoms in total. The van der Waals surface area contributed by atoms with Crippen molar-refractivity contribution in [2.45, 2.75) is 26.3 Å². The summed E-state index contributed by atoms with van der Waals surface area (Å²) >= 11 is 0. The lowest BCUT2D eigenvalue weighted by molar-refractivity contribution is -0.384. The van der Waals surface area contributed by atoms with Gasteiger partial charge in [0.05, 0.1) is 16.8 Å². The second-order valence-corrected chi connectivity index (χ2v) is 8.57. The molecule has 0 spiro atoms. The Morgan fingerprint density at radius 2 is 1.65 bits per heavy atom. The van der Waals surface area contributed by atoms with Crippen LogP contribution in [0.1, 0.15) is 30.6 Å². The Kier molecular flexibility index (Phi) is 5.20. The van der Waals surface area contributed by atoms with Crippen LogP contribution in [0.3, 0.4) is 0 Å². The molecule has 162 valence electrons. The largest absolute Gasteiger partial charge is 0.456 e. The predicted octanol–water partition coefficient (Wildman–Crippen LogP) is 2.15. The molecular formula is C22H22N2O7. The van der Waals surface area contributed by atoms with Crippen molar-refractivity contribution in [3.05, 3.63) is 52.1 Å². The molecule has 0 aromatic heterocycles. The Labute approximate surface area is 178 Å². The Morgan fingerprint density at radius 1 is 1.10 bits per heavy atom. The molecule has 31 heavy (non-hydrogen) atoms. The van der Waals surface area contributed by atoms with Gasteiger partial charge in [-0.2, -0.15) is 0 Å². The summed E-state index contributed by atoms with van der Waals surface area (Å²) in [5.74, 6) is -3.20. The maximum absolute atomic E-state index is 13.0. The molecule has 9 heteroatoms. The predicted molar refractivity (Wildman–Crippen MR) is 107 cm³/mol. The highest BCUT2D eigenvalue weighted by atomic mass is 16.6. The molecule has 1 saturated carbocycles. The van der Waals surface area contributed by atoms with Crippen molar-refractivity contribution >= 4 is 29.3 Å². The number of Topliss-reactive ketones (excluding diaryl/α,β-unsaturated/α-hetero) is 1. The number of benzene rings is 1. The number of hydrogen-bond donors (Lipinski definition) is 0. The SMILES string of the molecule is CC(C)[C@H](C(=O)OCC(=O)c1ccc([N+](=O)[O-])cc1)N1C(=O)[C@H]2[C@H](C1=O)[C@H]1C=C[C@H]2C1. The van der Waals surface area contributed by atoms with E-state index in [0.717, 1.165) is 11.3 Å². The number of non-ortho nitro benzene ring substituents is 1. The maximum Gasteiger partial charge on any atom is 0.330 e. The number of carbonyl (C=O) groups is 4. The minimum atomic E-state index is -1.10. The van der Waals surface area contributed by atoms with Crippen LogP contribution in [0.4, 0.5) is 5.69 Å². The smallest absolute Gasteiger partial charge is 0.330 e. The number of nitro groups is 1. The molecule has 1 aromatic rings. The van der Waals surface area contributed by atoms with Crippen molar-refractivity contribution in [1.29, 1.82) is 0 Å². The van der Waals surface area contributed by atoms with Gasteiger partial charge in [-0.25, -0.2) is 4.79 Å². The molecule has 0 unspecified atom stereocenters. The fourth-order valence-corrected chi connectivity index (χ4v) is 4.95. The number of nitro benzene ring substituents is 1. The Hall–Kier alpha value is -3.36. The molecule has 1 aromatic carbocycles. The number of rotatable bonds is 7. The van der Waals surface area contributed by atoms with Crippen LogP contribution in [-0.4, -0.2) is 46.0 Å². The molecule has 2 bridgehead atoms. The molecule has 1 saturated heterocycles. The zero-order chi connectivity index (χ0) is 22.4. The first kappa shape index (κ1) is 20.9. The molecular weight excluding hydrogens is 404 g/mol. The number of ketones is 1. The maximum atomic E-state index is 13.0. The number of esters is 1. The van der Waals surface area contributed by atoms with Crippen LogP contribution in [0, 0.1) is 39.7 Å². The summed E-state index contributed by atoms with van der Waals surface area (Å²) in [4.78, 5) is 62.4. The van der Waals surface area contributed by atoms with E-state index in [-0.39, 0.29) is 40.8 Å². The molecule has 2 aliphatic carbocycles. The van der Waals surface area contributed by atoms with Gasteiger partial charge in [0.15, 0.2) is 12.4 Å². The van der Waals surface area contributed by atoms with Crippen LogP contribution in [0.5, 0.6) is 0 Å². The minimum Gasteiger partial charge on any atom is -0.456 e. The molecule has 3 aliphatic rings. The zero-order valence-corrected chi connectivity index (χ0v) is 17.1. The summed E-state index contributed by atoms with van der Waals surface area (Å²) in [6.07, 6.45) is 4.75. The van der Waals surface area contributed by atoms with Crippen LogP contribution >= 0.6 is 0 Å². The molecule has 4 rings (SSSR count). The number of allylic oxidation sites excluding steroid dienone is 2. The number of imide groups is 1. The summed E-state index contributed by atoms with van der Waals surface area (Å²) in [5.41, 5.74) is -0.00140. The fourth-order valence-electron chi connectivity index (χ4n) is 4.95. The van der Waals surface area contributed by atoms with E-state index in [2.05, 4.69) is 0 Å². The quantitative estimate of drug-likeness (QED) is 0.163. The van der Waals surface area contributed by atoms with Crippen LogP contribution in [-0.2, 0) is 19.1 Å². The highest BCUT2D eigenvalue weighted by Gasteiger charge is 2.61. The fraction of sp³-hybridized carbons (Fsp3) is 0.455. The van der Waals surface area contributed by atoms with Crippen molar-refractivity contribution in [3.63, 3.8) is 0 Å². The van der Waals surface area contributed by atoms with Gasteiger partial charge >= 0.3 is 5.97 Å². The number of likely N-dealkylation sites (tertiary alicyclic amines) is 1. The molecule has 0 radical (unpaired) electrons. The summed E-state index contributed by atoms with van der Waals surface area (Å²) in [7, 11) is 0. The van der Waals surface area contributed by atoms with Gasteiger partial charge in [0.25, 0.3) is 5.69 Å². The van der Waals surface area contributed by atoms with E-state index < -0.39 is 41.2 Å². The van der Waals surface area contributed by atoms with E-state index in [4.69, 9.17) is 4.74 Å². The minimum absolute atomic E-state index is 0.0315. The molecule has 5 atom stereocenters. The van der Waals surface area contributed by atoms with E-state index in [1.807, 2.05) is 12.2 Å². The van der Waals surface area contributed by atoms with Gasteiger partial charge in [0.1, 0.15) is 6.04 Å². The molecule has 1 aliphatic heterocycles. The number of amides is 2. The first-order chi connectivity index (χ1) is 14.7. The summed E-state index contributed by atoms with van der Waals surface area (Å²) in [6, 6.07) is 3.84. The first-order valence-corrected chi connectivity index (χ1v) is 10.2. The van der Waals surface area contributed by atoms with Crippen molar-refractivity contribution in [3.8, 4) is 0 Å². The number of nitrogens with zero attached hydrogens (tertiary/aromatic N) is 2. The lowest BCUT2D eigenvalue weighted by atomic mass is 9.85. The second-order valence-electron chi connectivity index (χ2n) is 8.57. The van der Waals surface area contributed by atoms with Crippen LogP contribution in [0.25, 0.3) is 0 Å². The van der Waals surface area contributed by atoms with E-state index in [0.29, 0.717) is 0 Å². The van der Waals surface area contributed by atoms with Crippen molar-refractivity contribution in [2.75, 3.05) is 6.61 Å². The van der Waals surface area contributed by atoms with Crippen molar-refractivity contribution in [1.82, 2.24) is 4.90 Å². The molecule has 1 heterocycles. The Morgan fingerprint density at radius 3 is 2.13 bits per heavy atom. The van der Waals surface area contributed by atoms with E-state index in [9.17, 15) is 29.3 Å². The van der Waals surface area contributed by atoms with Gasteiger partial charge < -0.3 is 4.74 Å². The summed E-state index contributed by atoms with van der Waals surface area (Å²) in [6.45, 7) is 2.84. The number of ether oxygens (including phenoxy) is 1. The van der Waals surface area contributed by atoms with Crippen molar-refractivity contribution < 1.29 is 28.8 Å². The second kappa shape index (κ2) is 7.72. The van der Waals surface area contributed by atoms with E-state index in [1.165, 1.54) is 24.3 Å². The topological polar surface area (TPSA) is 124 Å². The van der Waals surface area contributed by atoms with Gasteiger partial charge in [0.2, 0.25) is 11.8 Å². The highest BCUT2D eigenvalue weighted by Crippen LogP contribution is 2.53. The third kappa shape index (κ3) is 3.43. The van der Waals surface area contributed by atoms with Gasteiger partial charge in [-0.05, 0) is 36.3 Å². The average Bonchev–Trinajstić information content (AvgIpc) is 3.42. The van der Waals surface area contributed by atoms with Gasteiger partial charge in [-0.15, -0.1) is 0 Å². The number of fused-ring (bicyclic) bond motifs is 5. The van der Waals surface area contributed by atoms with Crippen LogP contribution in [0.2, 0.25) is 0 Å². The lowest BCUT2D eigenvalue weighted by Gasteiger charge is -2.28. The van der Waals surface area contributed by atoms with Crippen molar-refractivity contribution in [2.24, 2.45) is 29.6 Å². The molecule has 2 fully saturated rings. The van der Waals surface area contributed by atoms with E-state index >= 15 is 0 Å². The Balaban J connectivity index is 1.45. The number of hydrogen-bond acceptors (Lipinski definition) is 7. The summed E-state index contributed by atoms with van der Waals surface area (Å²) < 4.78 is 5.18. The summed E-state index contributed by atoms with van der Waals surface area (Å²) in [5, 5.41) is 10.7. The number of carbonyl (C=O) groups excluding carboxylic acids is 4. The van der Waals surface area contributed by atoms with E-state index in [1.54, 1.807) is 13.8 Å². The third-order valence-electron chi connectivity index (χ3n) is 6.40. The van der Waals surface area contributed by atoms with Crippen LogP contribution in [0.15, 0.2) is 36.4 Å². The first-order valence-electron chi connectivity index (χ1n) is 10.2.